The van der Waals surface area contributed by atoms with Crippen LogP contribution in [0.2, 0.25) is 5.02 Å². The maximum Gasteiger partial charge on any atom is 0.243 e. The molecule has 1 N–H and O–H groups in total. The number of hydrogen-bond donors (Lipinski definition) is 1. The molecule has 1 unspecified atom stereocenters. The third kappa shape index (κ3) is 4.69. The van der Waals surface area contributed by atoms with Crippen LogP contribution in [0.15, 0.2) is 53.4 Å². The summed E-state index contributed by atoms with van der Waals surface area (Å²) in [4.78, 5) is 12.8. The number of aryl methyl sites for hydroxylation is 1. The minimum Gasteiger partial charge on any atom is -0.352 e. The Balaban J connectivity index is 1.65. The molecule has 0 saturated carbocycles. The van der Waals surface area contributed by atoms with Gasteiger partial charge in [0.15, 0.2) is 0 Å². The van der Waals surface area contributed by atoms with Gasteiger partial charge in [-0.1, -0.05) is 35.9 Å². The molecule has 2 aromatic rings. The molecule has 1 atom stereocenters. The third-order valence-corrected chi connectivity index (χ3v) is 7.05. The Kier molecular flexibility index (Phi) is 6.19. The second-order valence-corrected chi connectivity index (χ2v) is 9.17. The maximum absolute atomic E-state index is 12.8. The Labute approximate surface area is 165 Å². The highest BCUT2D eigenvalue weighted by molar-refractivity contribution is 7.89. The number of nitrogens with one attached hydrogen (secondary N) is 1. The summed E-state index contributed by atoms with van der Waals surface area (Å²) >= 11 is 5.85. The van der Waals surface area contributed by atoms with Crippen molar-refractivity contribution in [1.29, 1.82) is 0 Å². The van der Waals surface area contributed by atoms with Crippen molar-refractivity contribution in [1.82, 2.24) is 9.62 Å². The molecule has 1 heterocycles. The number of rotatable bonds is 5. The fourth-order valence-corrected chi connectivity index (χ4v) is 4.92. The molecule has 5 nitrogen and oxygen atoms in total. The Morgan fingerprint density at radius 3 is 2.59 bits per heavy atom. The van der Waals surface area contributed by atoms with Gasteiger partial charge < -0.3 is 5.32 Å². The summed E-state index contributed by atoms with van der Waals surface area (Å²) < 4.78 is 27.1. The third-order valence-electron chi connectivity index (χ3n) is 4.92. The van der Waals surface area contributed by atoms with Gasteiger partial charge in [0.05, 0.1) is 10.8 Å². The smallest absolute Gasteiger partial charge is 0.243 e. The van der Waals surface area contributed by atoms with Gasteiger partial charge in [0.25, 0.3) is 0 Å². The summed E-state index contributed by atoms with van der Waals surface area (Å²) in [7, 11) is -3.62. The van der Waals surface area contributed by atoms with Crippen molar-refractivity contribution in [3.8, 4) is 0 Å². The lowest BCUT2D eigenvalue weighted by Gasteiger charge is -2.31. The summed E-state index contributed by atoms with van der Waals surface area (Å²) in [5.74, 6) is -0.445. The van der Waals surface area contributed by atoms with E-state index in [0.717, 1.165) is 11.1 Å². The van der Waals surface area contributed by atoms with Crippen molar-refractivity contribution in [3.05, 3.63) is 64.7 Å². The average Bonchev–Trinajstić information content (AvgIpc) is 2.67. The predicted octanol–water partition coefficient (Wildman–Crippen LogP) is 3.37. The van der Waals surface area contributed by atoms with Crippen LogP contribution in [0.25, 0.3) is 0 Å². The molecule has 1 fully saturated rings. The van der Waals surface area contributed by atoms with Gasteiger partial charge in [-0.2, -0.15) is 4.31 Å². The van der Waals surface area contributed by atoms with Crippen molar-refractivity contribution >= 4 is 27.5 Å². The number of benzene rings is 2. The molecule has 1 saturated heterocycles. The average molecular weight is 407 g/mol. The number of halogens is 1. The lowest BCUT2D eigenvalue weighted by molar-refractivity contribution is -0.126. The van der Waals surface area contributed by atoms with Gasteiger partial charge in [0.2, 0.25) is 15.9 Å². The highest BCUT2D eigenvalue weighted by Crippen LogP contribution is 2.25. The van der Waals surface area contributed by atoms with Crippen LogP contribution in [0.1, 0.15) is 24.0 Å². The molecule has 0 radical (unpaired) electrons. The predicted molar refractivity (Wildman–Crippen MR) is 106 cm³/mol. The van der Waals surface area contributed by atoms with Crippen LogP contribution in [0, 0.1) is 12.8 Å². The molecule has 0 spiro atoms. The number of nitrogens with zero attached hydrogens (tertiary/aromatic N) is 1. The Morgan fingerprint density at radius 1 is 1.19 bits per heavy atom. The first-order chi connectivity index (χ1) is 12.9. The molecule has 27 heavy (non-hydrogen) atoms. The lowest BCUT2D eigenvalue weighted by atomic mass is 9.98. The fraction of sp³-hybridized carbons (Fsp3) is 0.350. The minimum absolute atomic E-state index is 0.103. The maximum atomic E-state index is 12.8. The molecule has 0 aromatic heterocycles. The van der Waals surface area contributed by atoms with E-state index in [2.05, 4.69) is 5.32 Å². The van der Waals surface area contributed by atoms with Gasteiger partial charge >= 0.3 is 0 Å². The zero-order valence-corrected chi connectivity index (χ0v) is 16.8. The summed E-state index contributed by atoms with van der Waals surface area (Å²) in [5, 5.41) is 3.44. The monoisotopic (exact) mass is 406 g/mol. The SMILES string of the molecule is Cc1ccccc1CNC(=O)C1CCCN(S(=O)(=O)c2ccc(Cl)cc2)C1. The van der Waals surface area contributed by atoms with Gasteiger partial charge in [0.1, 0.15) is 0 Å². The number of hydrogen-bond acceptors (Lipinski definition) is 3. The van der Waals surface area contributed by atoms with E-state index in [1.807, 2.05) is 31.2 Å². The summed E-state index contributed by atoms with van der Waals surface area (Å²) in [6, 6.07) is 14.0. The van der Waals surface area contributed by atoms with Crippen LogP contribution in [-0.2, 0) is 21.4 Å². The van der Waals surface area contributed by atoms with Crippen molar-refractivity contribution in [2.75, 3.05) is 13.1 Å². The van der Waals surface area contributed by atoms with Gasteiger partial charge in [-0.3, -0.25) is 4.79 Å². The number of amides is 1. The molecule has 0 bridgehead atoms. The standard InChI is InChI=1S/C20H23ClN2O3S/c1-15-5-2-3-6-16(15)13-22-20(24)17-7-4-12-23(14-17)27(25,26)19-10-8-18(21)9-11-19/h2-3,5-6,8-11,17H,4,7,12-14H2,1H3,(H,22,24). The first-order valence-corrected chi connectivity index (χ1v) is 10.8. The zero-order valence-electron chi connectivity index (χ0n) is 15.2. The fourth-order valence-electron chi connectivity index (χ4n) is 3.27. The van der Waals surface area contributed by atoms with Gasteiger partial charge in [0, 0.05) is 24.7 Å². The minimum atomic E-state index is -3.62. The molecule has 1 aliphatic heterocycles. The number of sulfonamides is 1. The summed E-state index contributed by atoms with van der Waals surface area (Å²) in [6.45, 7) is 3.07. The number of piperidine rings is 1. The number of carbonyl (C=O) groups is 1. The summed E-state index contributed by atoms with van der Waals surface area (Å²) in [6.07, 6.45) is 1.35. The van der Waals surface area contributed by atoms with E-state index in [0.29, 0.717) is 31.0 Å². The highest BCUT2D eigenvalue weighted by atomic mass is 35.5. The van der Waals surface area contributed by atoms with Crippen LogP contribution < -0.4 is 5.32 Å². The van der Waals surface area contributed by atoms with Crippen LogP contribution in [0.5, 0.6) is 0 Å². The van der Waals surface area contributed by atoms with Crippen molar-refractivity contribution in [2.24, 2.45) is 5.92 Å². The van der Waals surface area contributed by atoms with E-state index in [9.17, 15) is 13.2 Å². The molecule has 144 valence electrons. The molecule has 3 rings (SSSR count). The van der Waals surface area contributed by atoms with E-state index in [4.69, 9.17) is 11.6 Å². The molecular formula is C20H23ClN2O3S. The quantitative estimate of drug-likeness (QED) is 0.827. The Hall–Kier alpha value is -1.89. The first-order valence-electron chi connectivity index (χ1n) is 8.96. The Bertz CT molecular complexity index is 913. The van der Waals surface area contributed by atoms with Crippen molar-refractivity contribution in [3.63, 3.8) is 0 Å². The van der Waals surface area contributed by atoms with Crippen molar-refractivity contribution < 1.29 is 13.2 Å². The molecule has 1 aliphatic rings. The topological polar surface area (TPSA) is 66.5 Å². The molecular weight excluding hydrogens is 384 g/mol. The summed E-state index contributed by atoms with van der Waals surface area (Å²) in [5.41, 5.74) is 2.18. The van der Waals surface area contributed by atoms with E-state index >= 15 is 0 Å². The van der Waals surface area contributed by atoms with E-state index < -0.39 is 10.0 Å². The molecule has 0 aliphatic carbocycles. The van der Waals surface area contributed by atoms with Crippen LogP contribution in [0.3, 0.4) is 0 Å². The Morgan fingerprint density at radius 2 is 1.89 bits per heavy atom. The van der Waals surface area contributed by atoms with Gasteiger partial charge in [-0.15, -0.1) is 0 Å². The zero-order chi connectivity index (χ0) is 19.4. The van der Waals surface area contributed by atoms with E-state index in [-0.39, 0.29) is 23.3 Å². The van der Waals surface area contributed by atoms with Gasteiger partial charge in [-0.25, -0.2) is 8.42 Å². The first kappa shape index (κ1) is 19.9. The van der Waals surface area contributed by atoms with Crippen LogP contribution in [-0.4, -0.2) is 31.7 Å². The lowest BCUT2D eigenvalue weighted by Crippen LogP contribution is -2.45. The van der Waals surface area contributed by atoms with Crippen LogP contribution in [0.4, 0.5) is 0 Å². The normalized spacial score (nSPS) is 18.2. The largest absolute Gasteiger partial charge is 0.352 e. The van der Waals surface area contributed by atoms with E-state index in [1.54, 1.807) is 12.1 Å². The second-order valence-electron chi connectivity index (χ2n) is 6.80. The van der Waals surface area contributed by atoms with Crippen LogP contribution >= 0.6 is 11.6 Å². The number of carbonyl (C=O) groups excluding carboxylic acids is 1. The van der Waals surface area contributed by atoms with Gasteiger partial charge in [-0.05, 0) is 55.2 Å². The molecule has 2 aromatic carbocycles. The van der Waals surface area contributed by atoms with E-state index in [1.165, 1.54) is 16.4 Å². The highest BCUT2D eigenvalue weighted by Gasteiger charge is 2.33. The van der Waals surface area contributed by atoms with Crippen molar-refractivity contribution in [2.45, 2.75) is 31.2 Å². The molecule has 1 amide bonds. The second kappa shape index (κ2) is 8.42. The molecule has 7 heteroatoms.